The number of carboxylic acid groups (broad SMARTS) is 1. The number of hydrogen-bond acceptors (Lipinski definition) is 6. The fourth-order valence-electron chi connectivity index (χ4n) is 2.10. The van der Waals surface area contributed by atoms with Crippen LogP contribution in [0.5, 0.6) is 0 Å². The molecule has 1 aliphatic heterocycles. The molecular weight excluding hydrogens is 320 g/mol. The van der Waals surface area contributed by atoms with Crippen LogP contribution < -0.4 is 0 Å². The van der Waals surface area contributed by atoms with E-state index in [1.165, 1.54) is 0 Å². The highest BCUT2D eigenvalue weighted by atomic mass is 16.6. The second kappa shape index (κ2) is 6.84. The zero-order valence-electron chi connectivity index (χ0n) is 14.9. The molecule has 0 spiro atoms. The van der Waals surface area contributed by atoms with Crippen LogP contribution in [0.1, 0.15) is 48.0 Å². The zero-order valence-corrected chi connectivity index (χ0v) is 14.9. The number of aliphatic hydroxyl groups excluding tert-OH is 1. The summed E-state index contributed by atoms with van der Waals surface area (Å²) >= 11 is 0. The smallest absolute Gasteiger partial charge is 0.430 e. The van der Waals surface area contributed by atoms with Crippen LogP contribution in [0.3, 0.4) is 0 Å². The number of aliphatic carboxylic acids is 1. The number of carbonyl (C=O) groups excluding carboxylic acids is 2. The van der Waals surface area contributed by atoms with E-state index in [-0.39, 0.29) is 13.0 Å². The summed E-state index contributed by atoms with van der Waals surface area (Å²) in [6.07, 6.45) is -3.24. The van der Waals surface area contributed by atoms with E-state index in [1.54, 1.807) is 41.5 Å². The van der Waals surface area contributed by atoms with Gasteiger partial charge in [-0.15, -0.1) is 0 Å². The number of rotatable bonds is 1. The Bertz CT molecular complexity index is 507. The van der Waals surface area contributed by atoms with Crippen molar-refractivity contribution in [3.8, 4) is 0 Å². The maximum Gasteiger partial charge on any atom is 0.430 e. The van der Waals surface area contributed by atoms with Crippen molar-refractivity contribution >= 4 is 18.2 Å². The van der Waals surface area contributed by atoms with Crippen LogP contribution in [-0.2, 0) is 14.3 Å². The summed E-state index contributed by atoms with van der Waals surface area (Å²) in [7, 11) is 0. The van der Waals surface area contributed by atoms with Crippen molar-refractivity contribution in [3.63, 3.8) is 0 Å². The lowest BCUT2D eigenvalue weighted by atomic mass is 10.1. The molecule has 24 heavy (non-hydrogen) atoms. The van der Waals surface area contributed by atoms with Crippen LogP contribution in [0.2, 0.25) is 0 Å². The maximum atomic E-state index is 12.4. The molecule has 0 unspecified atom stereocenters. The summed E-state index contributed by atoms with van der Waals surface area (Å²) in [5, 5.41) is 20.7. The second-order valence-corrected chi connectivity index (χ2v) is 7.63. The Hall–Kier alpha value is -2.03. The fourth-order valence-corrected chi connectivity index (χ4v) is 2.10. The van der Waals surface area contributed by atoms with Crippen LogP contribution in [0.25, 0.3) is 0 Å². The number of aliphatic hydroxyl groups is 1. The minimum absolute atomic E-state index is 0.214. The summed E-state index contributed by atoms with van der Waals surface area (Å²) in [6, 6.07) is -1.43. The third-order valence-electron chi connectivity index (χ3n) is 2.90. The van der Waals surface area contributed by atoms with Gasteiger partial charge in [-0.3, -0.25) is 0 Å². The molecule has 1 saturated heterocycles. The quantitative estimate of drug-likeness (QED) is 0.740. The highest BCUT2D eigenvalue weighted by molar-refractivity contribution is 5.82. The second-order valence-electron chi connectivity index (χ2n) is 7.63. The van der Waals surface area contributed by atoms with Crippen LogP contribution >= 0.6 is 0 Å². The van der Waals surface area contributed by atoms with Gasteiger partial charge in [-0.05, 0) is 41.5 Å². The van der Waals surface area contributed by atoms with Crippen LogP contribution in [0, 0.1) is 0 Å². The van der Waals surface area contributed by atoms with Gasteiger partial charge in [0.2, 0.25) is 0 Å². The first-order valence-electron chi connectivity index (χ1n) is 7.65. The molecule has 0 aliphatic carbocycles. The molecule has 0 aromatic carbocycles. The van der Waals surface area contributed by atoms with Gasteiger partial charge in [0.25, 0.3) is 0 Å². The molecular formula is C15H26N2O7. The Morgan fingerprint density at radius 3 is 1.83 bits per heavy atom. The maximum absolute atomic E-state index is 12.4. The first-order chi connectivity index (χ1) is 10.7. The number of hydrazine groups is 1. The van der Waals surface area contributed by atoms with E-state index in [0.29, 0.717) is 5.01 Å². The molecule has 0 aromatic rings. The molecule has 0 bridgehead atoms. The first-order valence-corrected chi connectivity index (χ1v) is 7.65. The van der Waals surface area contributed by atoms with Crippen molar-refractivity contribution in [2.45, 2.75) is 71.3 Å². The summed E-state index contributed by atoms with van der Waals surface area (Å²) < 4.78 is 10.4. The summed E-state index contributed by atoms with van der Waals surface area (Å²) in [6.45, 7) is 9.51. The van der Waals surface area contributed by atoms with E-state index in [4.69, 9.17) is 9.47 Å². The molecule has 2 amide bonds. The minimum atomic E-state index is -1.43. The lowest BCUT2D eigenvalue weighted by Gasteiger charge is -2.43. The highest BCUT2D eigenvalue weighted by Crippen LogP contribution is 2.24. The molecule has 0 aromatic heterocycles. The predicted octanol–water partition coefficient (Wildman–Crippen LogP) is 1.59. The van der Waals surface area contributed by atoms with E-state index in [0.717, 1.165) is 5.01 Å². The molecule has 1 fully saturated rings. The van der Waals surface area contributed by atoms with Crippen molar-refractivity contribution in [2.75, 3.05) is 6.54 Å². The number of β-amino-alcohol motifs (C(OH)–C–C–N with tert-alkyl or cyclic N) is 1. The molecule has 9 nitrogen and oxygen atoms in total. The van der Waals surface area contributed by atoms with E-state index >= 15 is 0 Å². The SMILES string of the molecule is CC(C)(C)OC(=O)N1C[C@@H](O)C[C@H](C(=O)O)N1C(=O)OC(C)(C)C. The van der Waals surface area contributed by atoms with Gasteiger partial charge in [0.05, 0.1) is 12.6 Å². The molecule has 2 N–H and O–H groups in total. The average molecular weight is 346 g/mol. The molecule has 1 aliphatic rings. The molecule has 0 saturated carbocycles. The topological polar surface area (TPSA) is 117 Å². The predicted molar refractivity (Wildman–Crippen MR) is 83.1 cm³/mol. The van der Waals surface area contributed by atoms with E-state index in [9.17, 15) is 24.6 Å². The van der Waals surface area contributed by atoms with Gasteiger partial charge in [-0.1, -0.05) is 0 Å². The van der Waals surface area contributed by atoms with Crippen molar-refractivity contribution in [3.05, 3.63) is 0 Å². The zero-order chi connectivity index (χ0) is 18.9. The molecule has 2 atom stereocenters. The van der Waals surface area contributed by atoms with Crippen LogP contribution in [0.15, 0.2) is 0 Å². The van der Waals surface area contributed by atoms with Gasteiger partial charge in [-0.2, -0.15) is 5.01 Å². The highest BCUT2D eigenvalue weighted by Gasteiger charge is 2.46. The third-order valence-corrected chi connectivity index (χ3v) is 2.90. The average Bonchev–Trinajstić information content (AvgIpc) is 2.33. The number of ether oxygens (including phenoxy) is 2. The minimum Gasteiger partial charge on any atom is -0.480 e. The first kappa shape index (κ1) is 20.0. The Morgan fingerprint density at radius 2 is 1.42 bits per heavy atom. The van der Waals surface area contributed by atoms with Gasteiger partial charge in [0, 0.05) is 6.42 Å². The molecule has 1 rings (SSSR count). The van der Waals surface area contributed by atoms with E-state index in [1.807, 2.05) is 0 Å². The van der Waals surface area contributed by atoms with Crippen molar-refractivity contribution in [2.24, 2.45) is 0 Å². The van der Waals surface area contributed by atoms with Crippen molar-refractivity contribution in [1.29, 1.82) is 0 Å². The Labute approximate surface area is 141 Å². The third kappa shape index (κ3) is 5.55. The van der Waals surface area contributed by atoms with Gasteiger partial charge in [0.15, 0.2) is 6.04 Å². The Kier molecular flexibility index (Phi) is 5.70. The summed E-state index contributed by atoms with van der Waals surface area (Å²) in [5.74, 6) is -1.35. The number of amides is 2. The number of carbonyl (C=O) groups is 3. The molecule has 1 heterocycles. The fraction of sp³-hybridized carbons (Fsp3) is 0.800. The summed E-state index contributed by atoms with van der Waals surface area (Å²) in [4.78, 5) is 36.3. The van der Waals surface area contributed by atoms with Crippen molar-refractivity contribution < 1.29 is 34.1 Å². The van der Waals surface area contributed by atoms with Crippen molar-refractivity contribution in [1.82, 2.24) is 10.0 Å². The Balaban J connectivity index is 3.16. The standard InChI is InChI=1S/C15H26N2O7/c1-14(2,3)23-12(21)16-8-9(18)7-10(11(19)20)17(16)13(22)24-15(4,5)6/h9-10,18H,7-8H2,1-6H3,(H,19,20)/t9-,10+/m0/s1. The monoisotopic (exact) mass is 346 g/mol. The van der Waals surface area contributed by atoms with Gasteiger partial charge < -0.3 is 19.7 Å². The van der Waals surface area contributed by atoms with Crippen LogP contribution in [-0.4, -0.2) is 68.3 Å². The van der Waals surface area contributed by atoms with Gasteiger partial charge in [0.1, 0.15) is 11.2 Å². The Morgan fingerprint density at radius 1 is 0.958 bits per heavy atom. The molecule has 138 valence electrons. The number of carboxylic acids is 1. The lowest BCUT2D eigenvalue weighted by molar-refractivity contribution is -0.162. The normalized spacial score (nSPS) is 22.1. The van der Waals surface area contributed by atoms with Crippen LogP contribution in [0.4, 0.5) is 9.59 Å². The number of nitrogens with zero attached hydrogens (tertiary/aromatic N) is 2. The summed E-state index contributed by atoms with van der Waals surface area (Å²) in [5.41, 5.74) is -1.73. The number of hydrogen-bond donors (Lipinski definition) is 2. The molecule has 9 heteroatoms. The van der Waals surface area contributed by atoms with Gasteiger partial charge >= 0.3 is 18.2 Å². The largest absolute Gasteiger partial charge is 0.480 e. The van der Waals surface area contributed by atoms with E-state index in [2.05, 4.69) is 0 Å². The lowest BCUT2D eigenvalue weighted by Crippen LogP contribution is -2.64. The molecule has 0 radical (unpaired) electrons. The van der Waals surface area contributed by atoms with E-state index < -0.39 is 41.5 Å². The van der Waals surface area contributed by atoms with Gasteiger partial charge in [-0.25, -0.2) is 19.4 Å².